The summed E-state index contributed by atoms with van der Waals surface area (Å²) in [4.78, 5) is 21.2. The molecule has 5 nitrogen and oxygen atoms in total. The van der Waals surface area contributed by atoms with Crippen molar-refractivity contribution >= 4 is 39.9 Å². The first-order valence-electron chi connectivity index (χ1n) is 8.79. The van der Waals surface area contributed by atoms with Crippen molar-refractivity contribution in [1.29, 1.82) is 0 Å². The van der Waals surface area contributed by atoms with Crippen LogP contribution in [0.2, 0.25) is 5.02 Å². The van der Waals surface area contributed by atoms with E-state index >= 15 is 0 Å². The Kier molecular flexibility index (Phi) is 5.17. The number of pyridine rings is 2. The Labute approximate surface area is 167 Å². The van der Waals surface area contributed by atoms with E-state index in [9.17, 15) is 4.79 Å². The van der Waals surface area contributed by atoms with Crippen molar-refractivity contribution in [3.63, 3.8) is 0 Å². The van der Waals surface area contributed by atoms with Crippen molar-refractivity contribution in [3.8, 4) is 0 Å². The lowest BCUT2D eigenvalue weighted by atomic mass is 10.2. The van der Waals surface area contributed by atoms with Gasteiger partial charge in [-0.2, -0.15) is 0 Å². The van der Waals surface area contributed by atoms with Gasteiger partial charge in [-0.25, -0.2) is 4.98 Å². The van der Waals surface area contributed by atoms with Crippen molar-refractivity contribution in [2.75, 3.05) is 10.6 Å². The van der Waals surface area contributed by atoms with E-state index in [1.807, 2.05) is 54.6 Å². The van der Waals surface area contributed by atoms with E-state index in [2.05, 4.69) is 20.6 Å². The zero-order valence-corrected chi connectivity index (χ0v) is 15.6. The molecular formula is C22H17ClN4O. The third-order valence-corrected chi connectivity index (χ3v) is 4.69. The highest BCUT2D eigenvalue weighted by Gasteiger charge is 2.10. The van der Waals surface area contributed by atoms with Crippen LogP contribution in [0.1, 0.15) is 15.9 Å². The number of aromatic nitrogens is 2. The van der Waals surface area contributed by atoms with Crippen LogP contribution in [0.15, 0.2) is 79.1 Å². The summed E-state index contributed by atoms with van der Waals surface area (Å²) in [6.07, 6.45) is 3.25. The van der Waals surface area contributed by atoms with E-state index < -0.39 is 0 Å². The molecule has 2 aromatic carbocycles. The van der Waals surface area contributed by atoms with Crippen LogP contribution in [-0.4, -0.2) is 15.9 Å². The van der Waals surface area contributed by atoms with Gasteiger partial charge in [-0.05, 0) is 35.9 Å². The molecule has 0 spiro atoms. The number of rotatable bonds is 5. The van der Waals surface area contributed by atoms with Gasteiger partial charge in [0.25, 0.3) is 5.91 Å². The van der Waals surface area contributed by atoms with Gasteiger partial charge in [-0.1, -0.05) is 48.0 Å². The number of halogens is 1. The van der Waals surface area contributed by atoms with Crippen LogP contribution in [0.25, 0.3) is 10.9 Å². The average molecular weight is 389 g/mol. The summed E-state index contributed by atoms with van der Waals surface area (Å²) in [6.45, 7) is 0.555. The lowest BCUT2D eigenvalue weighted by Crippen LogP contribution is -2.13. The van der Waals surface area contributed by atoms with Gasteiger partial charge in [0, 0.05) is 29.3 Å². The number of para-hydroxylation sites is 1. The lowest BCUT2D eigenvalue weighted by molar-refractivity contribution is 0.102. The van der Waals surface area contributed by atoms with Crippen LogP contribution in [0.3, 0.4) is 0 Å². The van der Waals surface area contributed by atoms with Gasteiger partial charge in [-0.15, -0.1) is 0 Å². The molecule has 0 aliphatic heterocycles. The second-order valence-electron chi connectivity index (χ2n) is 6.21. The fourth-order valence-electron chi connectivity index (χ4n) is 2.86. The van der Waals surface area contributed by atoms with Crippen molar-refractivity contribution < 1.29 is 4.79 Å². The molecule has 0 atom stereocenters. The van der Waals surface area contributed by atoms with Gasteiger partial charge in [0.1, 0.15) is 5.82 Å². The Morgan fingerprint density at radius 1 is 0.929 bits per heavy atom. The average Bonchev–Trinajstić information content (AvgIpc) is 2.74. The molecule has 138 valence electrons. The zero-order chi connectivity index (χ0) is 19.3. The van der Waals surface area contributed by atoms with Crippen molar-refractivity contribution in [2.24, 2.45) is 0 Å². The third-order valence-electron chi connectivity index (χ3n) is 4.32. The summed E-state index contributed by atoms with van der Waals surface area (Å²) in [6, 6.07) is 20.6. The highest BCUT2D eigenvalue weighted by molar-refractivity contribution is 6.31. The van der Waals surface area contributed by atoms with Crippen LogP contribution >= 0.6 is 11.6 Å². The Morgan fingerprint density at radius 3 is 2.61 bits per heavy atom. The fourth-order valence-corrected chi connectivity index (χ4v) is 3.06. The van der Waals surface area contributed by atoms with E-state index in [0.29, 0.717) is 28.6 Å². The number of hydrogen-bond donors (Lipinski definition) is 2. The SMILES string of the molecule is O=C(Nc1cccc2cccnc12)c1ccc(NCc2ccccc2Cl)nc1. The highest BCUT2D eigenvalue weighted by Crippen LogP contribution is 2.21. The maximum absolute atomic E-state index is 12.6. The van der Waals surface area contributed by atoms with Crippen molar-refractivity contribution in [2.45, 2.75) is 6.54 Å². The predicted octanol–water partition coefficient (Wildman–Crippen LogP) is 5.15. The van der Waals surface area contributed by atoms with Gasteiger partial charge >= 0.3 is 0 Å². The third kappa shape index (κ3) is 3.94. The van der Waals surface area contributed by atoms with Gasteiger partial charge in [-0.3, -0.25) is 9.78 Å². The van der Waals surface area contributed by atoms with Crippen molar-refractivity contribution in [1.82, 2.24) is 9.97 Å². The van der Waals surface area contributed by atoms with Crippen LogP contribution < -0.4 is 10.6 Å². The molecule has 0 unspecified atom stereocenters. The van der Waals surface area contributed by atoms with Crippen molar-refractivity contribution in [3.05, 3.63) is 95.3 Å². The minimum absolute atomic E-state index is 0.233. The summed E-state index contributed by atoms with van der Waals surface area (Å²) in [5, 5.41) is 7.78. The summed E-state index contributed by atoms with van der Waals surface area (Å²) >= 11 is 6.16. The minimum atomic E-state index is -0.233. The Balaban J connectivity index is 1.44. The molecule has 1 amide bonds. The van der Waals surface area contributed by atoms with Gasteiger partial charge in [0.05, 0.1) is 16.8 Å². The smallest absolute Gasteiger partial charge is 0.257 e. The molecule has 2 N–H and O–H groups in total. The van der Waals surface area contributed by atoms with E-state index in [-0.39, 0.29) is 5.91 Å². The topological polar surface area (TPSA) is 66.9 Å². The highest BCUT2D eigenvalue weighted by atomic mass is 35.5. The van der Waals surface area contributed by atoms with Gasteiger partial charge in [0.2, 0.25) is 0 Å². The second-order valence-corrected chi connectivity index (χ2v) is 6.62. The quantitative estimate of drug-likeness (QED) is 0.496. The monoisotopic (exact) mass is 388 g/mol. The molecule has 2 aromatic heterocycles. The molecule has 2 heterocycles. The molecule has 0 saturated carbocycles. The first kappa shape index (κ1) is 17.9. The number of amides is 1. The molecule has 0 aliphatic carbocycles. The van der Waals surface area contributed by atoms with Gasteiger partial charge < -0.3 is 10.6 Å². The van der Waals surface area contributed by atoms with E-state index in [1.54, 1.807) is 24.5 Å². The summed E-state index contributed by atoms with van der Waals surface area (Å²) < 4.78 is 0. The number of carbonyl (C=O) groups is 1. The van der Waals surface area contributed by atoms with Gasteiger partial charge in [0.15, 0.2) is 0 Å². The Hall–Kier alpha value is -3.44. The Bertz CT molecular complexity index is 1120. The standard InChI is InChI=1S/C22H17ClN4O/c23-18-8-2-1-5-16(18)13-25-20-11-10-17(14-26-20)22(28)27-19-9-3-6-15-7-4-12-24-21(15)19/h1-12,14H,13H2,(H,25,26)(H,27,28). The number of anilines is 2. The molecule has 28 heavy (non-hydrogen) atoms. The number of fused-ring (bicyclic) bond motifs is 1. The number of nitrogens with zero attached hydrogens (tertiary/aromatic N) is 2. The fraction of sp³-hybridized carbons (Fsp3) is 0.0455. The van der Waals surface area contributed by atoms with Crippen LogP contribution in [-0.2, 0) is 6.54 Å². The summed E-state index contributed by atoms with van der Waals surface area (Å²) in [5.41, 5.74) is 2.88. The summed E-state index contributed by atoms with van der Waals surface area (Å²) in [7, 11) is 0. The van der Waals surface area contributed by atoms with Crippen LogP contribution in [0.4, 0.5) is 11.5 Å². The second kappa shape index (κ2) is 8.06. The number of benzene rings is 2. The van der Waals surface area contributed by atoms with Crippen LogP contribution in [0.5, 0.6) is 0 Å². The molecule has 0 fully saturated rings. The minimum Gasteiger partial charge on any atom is -0.366 e. The molecule has 0 aliphatic rings. The molecular weight excluding hydrogens is 372 g/mol. The predicted molar refractivity (Wildman–Crippen MR) is 113 cm³/mol. The largest absolute Gasteiger partial charge is 0.366 e. The number of hydrogen-bond acceptors (Lipinski definition) is 4. The normalized spacial score (nSPS) is 10.6. The molecule has 0 saturated heterocycles. The molecule has 0 bridgehead atoms. The Morgan fingerprint density at radius 2 is 1.79 bits per heavy atom. The first-order chi connectivity index (χ1) is 13.7. The molecule has 4 rings (SSSR count). The van der Waals surface area contributed by atoms with Crippen LogP contribution in [0, 0.1) is 0 Å². The van der Waals surface area contributed by atoms with E-state index in [0.717, 1.165) is 16.5 Å². The molecule has 4 aromatic rings. The van der Waals surface area contributed by atoms with E-state index in [4.69, 9.17) is 11.6 Å². The van der Waals surface area contributed by atoms with E-state index in [1.165, 1.54) is 0 Å². The number of nitrogens with one attached hydrogen (secondary N) is 2. The first-order valence-corrected chi connectivity index (χ1v) is 9.17. The molecule has 6 heteroatoms. The maximum Gasteiger partial charge on any atom is 0.257 e. The molecule has 0 radical (unpaired) electrons. The zero-order valence-electron chi connectivity index (χ0n) is 14.9. The number of carbonyl (C=O) groups excluding carboxylic acids is 1. The summed E-state index contributed by atoms with van der Waals surface area (Å²) in [5.74, 6) is 0.437. The lowest BCUT2D eigenvalue weighted by Gasteiger charge is -2.09. The maximum atomic E-state index is 12.6.